The Bertz CT molecular complexity index is 1030. The lowest BCUT2D eigenvalue weighted by Gasteiger charge is -2.03. The van der Waals surface area contributed by atoms with Gasteiger partial charge in [0.05, 0.1) is 5.39 Å². The molecule has 0 aliphatic heterocycles. The smallest absolute Gasteiger partial charge is 0.261 e. The van der Waals surface area contributed by atoms with Gasteiger partial charge in [0.1, 0.15) is 4.83 Å². The van der Waals surface area contributed by atoms with E-state index in [0.29, 0.717) is 10.2 Å². The molecular weight excluding hydrogens is 282 g/mol. The van der Waals surface area contributed by atoms with E-state index in [1.54, 1.807) is 0 Å². The molecule has 0 aliphatic rings. The van der Waals surface area contributed by atoms with E-state index in [9.17, 15) is 4.79 Å². The van der Waals surface area contributed by atoms with Gasteiger partial charge in [0.2, 0.25) is 5.95 Å². The fraction of sp³-hybridized carbons (Fsp3) is 0. The van der Waals surface area contributed by atoms with Crippen LogP contribution in [0.4, 0.5) is 5.95 Å². The molecule has 4 rings (SSSR count). The summed E-state index contributed by atoms with van der Waals surface area (Å²) in [5.74, 6) is 0.152. The van der Waals surface area contributed by atoms with Gasteiger partial charge < -0.3 is 5.73 Å². The largest absolute Gasteiger partial charge is 0.369 e. The van der Waals surface area contributed by atoms with Crippen LogP contribution in [0.1, 0.15) is 0 Å². The number of nitrogens with zero attached hydrogens (tertiary/aromatic N) is 1. The molecule has 0 amide bonds. The van der Waals surface area contributed by atoms with Crippen molar-refractivity contribution in [1.82, 2.24) is 9.97 Å². The lowest BCUT2D eigenvalue weighted by Crippen LogP contribution is -2.10. The Kier molecular flexibility index (Phi) is 2.55. The van der Waals surface area contributed by atoms with Crippen molar-refractivity contribution in [2.75, 3.05) is 5.73 Å². The van der Waals surface area contributed by atoms with Crippen molar-refractivity contribution in [3.05, 3.63) is 58.2 Å². The fourth-order valence-electron chi connectivity index (χ4n) is 2.53. The van der Waals surface area contributed by atoms with Crippen LogP contribution in [0.15, 0.2) is 52.6 Å². The summed E-state index contributed by atoms with van der Waals surface area (Å²) in [5.41, 5.74) is 7.30. The number of thiophene rings is 1. The summed E-state index contributed by atoms with van der Waals surface area (Å²) >= 11 is 1.43. The zero-order valence-electron chi connectivity index (χ0n) is 11.0. The number of rotatable bonds is 1. The number of hydrogen-bond donors (Lipinski definition) is 2. The summed E-state index contributed by atoms with van der Waals surface area (Å²) < 4.78 is 0. The number of benzene rings is 2. The molecule has 3 N–H and O–H groups in total. The maximum absolute atomic E-state index is 12.1. The minimum atomic E-state index is -0.193. The van der Waals surface area contributed by atoms with E-state index in [2.05, 4.69) is 34.2 Å². The molecule has 0 saturated carbocycles. The molecule has 5 heteroatoms. The molecule has 21 heavy (non-hydrogen) atoms. The van der Waals surface area contributed by atoms with E-state index in [-0.39, 0.29) is 11.5 Å². The van der Waals surface area contributed by atoms with Gasteiger partial charge in [-0.3, -0.25) is 9.78 Å². The zero-order valence-corrected chi connectivity index (χ0v) is 11.8. The SMILES string of the molecule is Nc1nc2scc(-c3ccc4ccccc4c3)c2c(=O)[nH]1. The summed E-state index contributed by atoms with van der Waals surface area (Å²) in [5, 5.41) is 4.88. The van der Waals surface area contributed by atoms with Crippen molar-refractivity contribution in [2.24, 2.45) is 0 Å². The number of aromatic nitrogens is 2. The Hall–Kier alpha value is -2.66. The molecule has 4 aromatic rings. The highest BCUT2D eigenvalue weighted by Crippen LogP contribution is 2.32. The molecule has 0 fully saturated rings. The predicted molar refractivity (Wildman–Crippen MR) is 87.6 cm³/mol. The number of fused-ring (bicyclic) bond motifs is 2. The number of aromatic amines is 1. The highest BCUT2D eigenvalue weighted by atomic mass is 32.1. The molecule has 0 radical (unpaired) electrons. The van der Waals surface area contributed by atoms with Crippen LogP contribution in [0.3, 0.4) is 0 Å². The molecule has 0 atom stereocenters. The molecule has 2 heterocycles. The maximum Gasteiger partial charge on any atom is 0.261 e. The zero-order chi connectivity index (χ0) is 14.4. The Balaban J connectivity index is 2.02. The van der Waals surface area contributed by atoms with Gasteiger partial charge in [-0.05, 0) is 22.4 Å². The predicted octanol–water partition coefficient (Wildman–Crippen LogP) is 3.39. The van der Waals surface area contributed by atoms with Gasteiger partial charge in [0.25, 0.3) is 5.56 Å². The second-order valence-electron chi connectivity index (χ2n) is 4.84. The number of nitrogens with one attached hydrogen (secondary N) is 1. The lowest BCUT2D eigenvalue weighted by atomic mass is 10.0. The molecule has 2 aromatic carbocycles. The van der Waals surface area contributed by atoms with Crippen molar-refractivity contribution in [3.63, 3.8) is 0 Å². The molecule has 102 valence electrons. The Morgan fingerprint density at radius 1 is 1.10 bits per heavy atom. The van der Waals surface area contributed by atoms with Crippen LogP contribution >= 0.6 is 11.3 Å². The van der Waals surface area contributed by atoms with Gasteiger partial charge in [-0.15, -0.1) is 11.3 Å². The summed E-state index contributed by atoms with van der Waals surface area (Å²) in [7, 11) is 0. The molecule has 0 saturated heterocycles. The van der Waals surface area contributed by atoms with Crippen LogP contribution in [-0.2, 0) is 0 Å². The van der Waals surface area contributed by atoms with E-state index in [4.69, 9.17) is 5.73 Å². The molecule has 0 bridgehead atoms. The first kappa shape index (κ1) is 12.1. The first-order chi connectivity index (χ1) is 10.2. The van der Waals surface area contributed by atoms with Crippen LogP contribution < -0.4 is 11.3 Å². The summed E-state index contributed by atoms with van der Waals surface area (Å²) in [6, 6.07) is 14.3. The van der Waals surface area contributed by atoms with Crippen molar-refractivity contribution in [3.8, 4) is 11.1 Å². The topological polar surface area (TPSA) is 71.8 Å². The molecular formula is C16H11N3OS. The second-order valence-corrected chi connectivity index (χ2v) is 5.70. The Morgan fingerprint density at radius 2 is 1.90 bits per heavy atom. The number of hydrogen-bond acceptors (Lipinski definition) is 4. The first-order valence-corrected chi connectivity index (χ1v) is 7.36. The van der Waals surface area contributed by atoms with E-state index < -0.39 is 0 Å². The third kappa shape index (κ3) is 1.90. The van der Waals surface area contributed by atoms with E-state index >= 15 is 0 Å². The number of H-pyrrole nitrogens is 1. The summed E-state index contributed by atoms with van der Waals surface area (Å²) in [6.45, 7) is 0. The van der Waals surface area contributed by atoms with Crippen LogP contribution in [-0.4, -0.2) is 9.97 Å². The molecule has 0 spiro atoms. The normalized spacial score (nSPS) is 11.2. The molecule has 2 aromatic heterocycles. The van der Waals surface area contributed by atoms with Gasteiger partial charge in [0.15, 0.2) is 0 Å². The van der Waals surface area contributed by atoms with Crippen LogP contribution in [0.5, 0.6) is 0 Å². The molecule has 0 aliphatic carbocycles. The minimum Gasteiger partial charge on any atom is -0.369 e. The third-order valence-corrected chi connectivity index (χ3v) is 4.39. The van der Waals surface area contributed by atoms with Crippen molar-refractivity contribution < 1.29 is 0 Å². The average molecular weight is 293 g/mol. The van der Waals surface area contributed by atoms with Gasteiger partial charge in [-0.25, -0.2) is 4.98 Å². The molecule has 0 unspecified atom stereocenters. The first-order valence-electron chi connectivity index (χ1n) is 6.48. The maximum atomic E-state index is 12.1. The van der Waals surface area contributed by atoms with Crippen molar-refractivity contribution in [1.29, 1.82) is 0 Å². The van der Waals surface area contributed by atoms with E-state index in [0.717, 1.165) is 16.5 Å². The van der Waals surface area contributed by atoms with E-state index in [1.807, 2.05) is 23.6 Å². The van der Waals surface area contributed by atoms with E-state index in [1.165, 1.54) is 16.7 Å². The van der Waals surface area contributed by atoms with Crippen LogP contribution in [0.2, 0.25) is 0 Å². The Labute approximate surface area is 123 Å². The van der Waals surface area contributed by atoms with Gasteiger partial charge >= 0.3 is 0 Å². The van der Waals surface area contributed by atoms with Crippen molar-refractivity contribution >= 4 is 38.3 Å². The van der Waals surface area contributed by atoms with Gasteiger partial charge in [-0.2, -0.15) is 0 Å². The standard InChI is InChI=1S/C16H11N3OS/c17-16-18-14(20)13-12(8-21-15(13)19-16)11-6-5-9-3-1-2-4-10(9)7-11/h1-8H,(H3,17,18,19,20). The van der Waals surface area contributed by atoms with Gasteiger partial charge in [0, 0.05) is 10.9 Å². The Morgan fingerprint density at radius 3 is 2.76 bits per heavy atom. The second kappa shape index (κ2) is 4.43. The number of nitrogen functional groups attached to an aromatic ring is 1. The highest BCUT2D eigenvalue weighted by molar-refractivity contribution is 7.17. The van der Waals surface area contributed by atoms with Crippen LogP contribution in [0, 0.1) is 0 Å². The number of nitrogens with two attached hydrogens (primary N) is 1. The lowest BCUT2D eigenvalue weighted by molar-refractivity contribution is 1.20. The summed E-state index contributed by atoms with van der Waals surface area (Å²) in [6.07, 6.45) is 0. The third-order valence-electron chi connectivity index (χ3n) is 3.52. The van der Waals surface area contributed by atoms with Gasteiger partial charge in [-0.1, -0.05) is 36.4 Å². The average Bonchev–Trinajstić information content (AvgIpc) is 2.90. The minimum absolute atomic E-state index is 0.152. The van der Waals surface area contributed by atoms with Crippen LogP contribution in [0.25, 0.3) is 32.1 Å². The number of anilines is 1. The monoisotopic (exact) mass is 293 g/mol. The fourth-order valence-corrected chi connectivity index (χ4v) is 3.49. The highest BCUT2D eigenvalue weighted by Gasteiger charge is 2.12. The quantitative estimate of drug-likeness (QED) is 0.565. The molecule has 4 nitrogen and oxygen atoms in total. The summed E-state index contributed by atoms with van der Waals surface area (Å²) in [4.78, 5) is 19.6. The van der Waals surface area contributed by atoms with Crippen molar-refractivity contribution in [2.45, 2.75) is 0 Å².